The Hall–Kier alpha value is -2.09. The molecular weight excluding hydrogens is 461 g/mol. The normalized spacial score (nSPS) is 18.3. The maximum atomic E-state index is 13.3. The number of nitrogens with one attached hydrogen (secondary N) is 1. The van der Waals surface area contributed by atoms with Crippen LogP contribution in [-0.4, -0.2) is 59.6 Å². The quantitative estimate of drug-likeness (QED) is 0.705. The van der Waals surface area contributed by atoms with Gasteiger partial charge >= 0.3 is 0 Å². The molecule has 0 spiro atoms. The molecule has 2 saturated heterocycles. The summed E-state index contributed by atoms with van der Waals surface area (Å²) in [6.45, 7) is 11.2. The number of aryl methyl sites for hydroxylation is 3. The molecule has 7 nitrogen and oxygen atoms in total. The highest BCUT2D eigenvalue weighted by atomic mass is 35.5. The number of piperazine rings is 1. The Labute approximate surface area is 208 Å². The van der Waals surface area contributed by atoms with Gasteiger partial charge in [0.05, 0.1) is 0 Å². The number of amides is 1. The van der Waals surface area contributed by atoms with E-state index in [1.807, 2.05) is 37.9 Å². The number of rotatable bonds is 4. The van der Waals surface area contributed by atoms with Crippen LogP contribution in [0.15, 0.2) is 29.2 Å². The lowest BCUT2D eigenvalue weighted by atomic mass is 9.99. The molecule has 0 aliphatic carbocycles. The summed E-state index contributed by atoms with van der Waals surface area (Å²) < 4.78 is 1.73. The highest BCUT2D eigenvalue weighted by molar-refractivity contribution is 5.95. The van der Waals surface area contributed by atoms with Crippen molar-refractivity contribution in [3.05, 3.63) is 57.3 Å². The van der Waals surface area contributed by atoms with Crippen molar-refractivity contribution in [3.8, 4) is 0 Å². The van der Waals surface area contributed by atoms with Crippen LogP contribution < -0.4 is 15.8 Å². The Morgan fingerprint density at radius 1 is 1.09 bits per heavy atom. The zero-order valence-electron chi connectivity index (χ0n) is 19.7. The van der Waals surface area contributed by atoms with Crippen LogP contribution in [0.3, 0.4) is 0 Å². The van der Waals surface area contributed by atoms with Crippen molar-refractivity contribution < 1.29 is 4.79 Å². The highest BCUT2D eigenvalue weighted by Gasteiger charge is 2.26. The van der Waals surface area contributed by atoms with E-state index in [0.29, 0.717) is 31.1 Å². The minimum absolute atomic E-state index is 0. The van der Waals surface area contributed by atoms with Crippen LogP contribution in [0, 0.1) is 26.7 Å². The molecule has 0 aromatic carbocycles. The predicted octanol–water partition coefficient (Wildman–Crippen LogP) is 2.97. The summed E-state index contributed by atoms with van der Waals surface area (Å²) >= 11 is 0. The van der Waals surface area contributed by atoms with Gasteiger partial charge in [0.25, 0.3) is 11.5 Å². The van der Waals surface area contributed by atoms with Gasteiger partial charge in [0.1, 0.15) is 5.56 Å². The van der Waals surface area contributed by atoms with Crippen LogP contribution in [0.25, 0.3) is 0 Å². The lowest BCUT2D eigenvalue weighted by Crippen LogP contribution is -2.50. The van der Waals surface area contributed by atoms with Crippen molar-refractivity contribution in [1.82, 2.24) is 19.8 Å². The third-order valence-electron chi connectivity index (χ3n) is 6.44. The number of pyridine rings is 2. The number of nitrogens with zero attached hydrogens (tertiary/aromatic N) is 4. The molecule has 1 amide bonds. The Morgan fingerprint density at radius 3 is 2.36 bits per heavy atom. The Kier molecular flexibility index (Phi) is 9.76. The summed E-state index contributed by atoms with van der Waals surface area (Å²) in [4.78, 5) is 35.1. The lowest BCUT2D eigenvalue weighted by molar-refractivity contribution is 0.0743. The van der Waals surface area contributed by atoms with Crippen LogP contribution in [0.2, 0.25) is 0 Å². The molecule has 2 aromatic heterocycles. The van der Waals surface area contributed by atoms with Gasteiger partial charge in [0, 0.05) is 56.0 Å². The standard InChI is InChI=1S/C24H33N5O2.2ClH/c1-17-6-8-29(16-20-5-4-7-25-15-20)24(31)22(17)23(30)28-11-9-27(10-12-28)21-13-18(2)26-19(3)14-21;;/h6,8,13-14,20,25H,4-5,7,9-12,15-16H2,1-3H3;2*1H. The van der Waals surface area contributed by atoms with E-state index >= 15 is 0 Å². The smallest absolute Gasteiger partial charge is 0.263 e. The molecule has 2 fully saturated rings. The molecule has 4 rings (SSSR count). The van der Waals surface area contributed by atoms with Crippen LogP contribution in [0.1, 0.15) is 40.2 Å². The molecule has 0 saturated carbocycles. The minimum atomic E-state index is -0.154. The molecule has 2 aromatic rings. The molecule has 4 heterocycles. The maximum absolute atomic E-state index is 13.3. The number of piperidine rings is 1. The largest absolute Gasteiger partial charge is 0.368 e. The summed E-state index contributed by atoms with van der Waals surface area (Å²) in [5.74, 6) is 0.299. The first-order valence-electron chi connectivity index (χ1n) is 11.3. The molecule has 1 unspecified atom stereocenters. The van der Waals surface area contributed by atoms with Crippen molar-refractivity contribution in [2.75, 3.05) is 44.2 Å². The van der Waals surface area contributed by atoms with E-state index in [1.165, 1.54) is 0 Å². The van der Waals surface area contributed by atoms with Gasteiger partial charge < -0.3 is 19.7 Å². The monoisotopic (exact) mass is 495 g/mol. The Bertz CT molecular complexity index is 992. The summed E-state index contributed by atoms with van der Waals surface area (Å²) in [5, 5.41) is 3.40. The summed E-state index contributed by atoms with van der Waals surface area (Å²) in [5.41, 5.74) is 4.09. The molecule has 0 radical (unpaired) electrons. The van der Waals surface area contributed by atoms with Gasteiger partial charge in [-0.1, -0.05) is 0 Å². The second-order valence-electron chi connectivity index (χ2n) is 8.93. The fourth-order valence-corrected chi connectivity index (χ4v) is 4.75. The van der Waals surface area contributed by atoms with Gasteiger partial charge in [-0.25, -0.2) is 0 Å². The lowest BCUT2D eigenvalue weighted by Gasteiger charge is -2.36. The van der Waals surface area contributed by atoms with Crippen molar-refractivity contribution in [2.24, 2.45) is 5.92 Å². The number of aromatic nitrogens is 2. The minimum Gasteiger partial charge on any atom is -0.368 e. The first-order chi connectivity index (χ1) is 14.9. The molecule has 182 valence electrons. The number of carbonyl (C=O) groups excluding carboxylic acids is 1. The van der Waals surface area contributed by atoms with Gasteiger partial charge in [0.2, 0.25) is 0 Å². The average Bonchev–Trinajstić information content (AvgIpc) is 2.76. The molecule has 2 aliphatic rings. The third kappa shape index (κ3) is 6.28. The molecule has 33 heavy (non-hydrogen) atoms. The topological polar surface area (TPSA) is 70.5 Å². The van der Waals surface area contributed by atoms with Crippen molar-refractivity contribution in [3.63, 3.8) is 0 Å². The average molecular weight is 496 g/mol. The number of halogens is 2. The van der Waals surface area contributed by atoms with E-state index in [9.17, 15) is 9.59 Å². The maximum Gasteiger partial charge on any atom is 0.263 e. The van der Waals surface area contributed by atoms with Crippen LogP contribution in [0.5, 0.6) is 0 Å². The first kappa shape index (κ1) is 27.2. The number of hydrogen-bond donors (Lipinski definition) is 1. The second-order valence-corrected chi connectivity index (χ2v) is 8.93. The van der Waals surface area contributed by atoms with Crippen molar-refractivity contribution >= 4 is 36.4 Å². The summed E-state index contributed by atoms with van der Waals surface area (Å²) in [6.07, 6.45) is 4.10. The zero-order chi connectivity index (χ0) is 22.0. The van der Waals surface area contributed by atoms with E-state index < -0.39 is 0 Å². The van der Waals surface area contributed by atoms with Gasteiger partial charge in [0.15, 0.2) is 0 Å². The van der Waals surface area contributed by atoms with E-state index in [0.717, 1.165) is 61.7 Å². The molecule has 0 bridgehead atoms. The number of hydrogen-bond acceptors (Lipinski definition) is 5. The van der Waals surface area contributed by atoms with Crippen LogP contribution in [0.4, 0.5) is 5.69 Å². The first-order valence-corrected chi connectivity index (χ1v) is 11.3. The van der Waals surface area contributed by atoms with E-state index in [1.54, 1.807) is 4.57 Å². The van der Waals surface area contributed by atoms with Gasteiger partial charge in [-0.05, 0) is 76.4 Å². The Balaban J connectivity index is 0.00000193. The fourth-order valence-electron chi connectivity index (χ4n) is 4.75. The SMILES string of the molecule is Cc1cc(N2CCN(C(=O)c3c(C)ccn(CC4CCCNC4)c3=O)CC2)cc(C)n1.Cl.Cl. The number of anilines is 1. The second kappa shape index (κ2) is 11.9. The summed E-state index contributed by atoms with van der Waals surface area (Å²) in [7, 11) is 0. The van der Waals surface area contributed by atoms with Gasteiger partial charge in [-0.15, -0.1) is 24.8 Å². The molecule has 1 atom stereocenters. The van der Waals surface area contributed by atoms with E-state index in [4.69, 9.17) is 0 Å². The van der Waals surface area contributed by atoms with E-state index in [2.05, 4.69) is 27.3 Å². The number of carbonyl (C=O) groups is 1. The highest BCUT2D eigenvalue weighted by Crippen LogP contribution is 2.20. The Morgan fingerprint density at radius 2 is 1.76 bits per heavy atom. The molecule has 9 heteroatoms. The van der Waals surface area contributed by atoms with Crippen LogP contribution >= 0.6 is 24.8 Å². The van der Waals surface area contributed by atoms with Crippen LogP contribution in [-0.2, 0) is 6.54 Å². The van der Waals surface area contributed by atoms with E-state index in [-0.39, 0.29) is 36.3 Å². The van der Waals surface area contributed by atoms with Crippen molar-refractivity contribution in [2.45, 2.75) is 40.2 Å². The zero-order valence-corrected chi connectivity index (χ0v) is 21.3. The predicted molar refractivity (Wildman–Crippen MR) is 137 cm³/mol. The molecule has 2 aliphatic heterocycles. The third-order valence-corrected chi connectivity index (χ3v) is 6.44. The molecular formula is C24H35Cl2N5O2. The molecule has 1 N–H and O–H groups in total. The summed E-state index contributed by atoms with van der Waals surface area (Å²) in [6, 6.07) is 6.08. The van der Waals surface area contributed by atoms with Crippen molar-refractivity contribution in [1.29, 1.82) is 0 Å². The van der Waals surface area contributed by atoms with Gasteiger partial charge in [-0.3, -0.25) is 14.6 Å². The fraction of sp³-hybridized carbons (Fsp3) is 0.542. The van der Waals surface area contributed by atoms with Gasteiger partial charge in [-0.2, -0.15) is 0 Å².